The smallest absolute Gasteiger partial charge is 0.0215 e. The fraction of sp³-hybridized carbons (Fsp3) is 0.640. The summed E-state index contributed by atoms with van der Waals surface area (Å²) in [6.45, 7) is 9.38. The van der Waals surface area contributed by atoms with Crippen molar-refractivity contribution in [3.63, 3.8) is 0 Å². The molecule has 3 aromatic rings. The van der Waals surface area contributed by atoms with E-state index >= 15 is 0 Å². The van der Waals surface area contributed by atoms with Gasteiger partial charge in [-0.15, -0.1) is 0 Å². The van der Waals surface area contributed by atoms with Gasteiger partial charge in [0.1, 0.15) is 0 Å². The number of hydrogen-bond donors (Lipinski definition) is 0. The van der Waals surface area contributed by atoms with E-state index in [1.54, 1.807) is 44.5 Å². The maximum atomic E-state index is 2.80. The summed E-state index contributed by atoms with van der Waals surface area (Å²) in [5.41, 5.74) is 13.2. The molecular weight excluding hydrogens is 854 g/mol. The SMILES string of the molecule is CCCCCCCCC1(CCCCCC)c2cc(I)ccc2-c2cc3c(cc21)-c1ccc(I)cc1C3(CCCCCCCC)CCCCCCCC. The molecule has 5 rings (SSSR count). The van der Waals surface area contributed by atoms with Crippen LogP contribution in [0.15, 0.2) is 48.5 Å². The van der Waals surface area contributed by atoms with Crippen molar-refractivity contribution in [2.75, 3.05) is 0 Å². The zero-order valence-corrected chi connectivity index (χ0v) is 38.1. The predicted octanol–water partition coefficient (Wildman–Crippen LogP) is 17.7. The first-order valence-corrected chi connectivity index (χ1v) is 24.4. The molecule has 0 heterocycles. The Hall–Kier alpha value is -0.880. The van der Waals surface area contributed by atoms with E-state index < -0.39 is 0 Å². The highest BCUT2D eigenvalue weighted by molar-refractivity contribution is 14.1. The Labute approximate surface area is 348 Å². The zero-order valence-electron chi connectivity index (χ0n) is 33.8. The second-order valence-corrected chi connectivity index (χ2v) is 19.3. The Morgan fingerprint density at radius 2 is 0.596 bits per heavy atom. The summed E-state index contributed by atoms with van der Waals surface area (Å²) in [6, 6.07) is 20.6. The minimum absolute atomic E-state index is 0.130. The molecule has 0 nitrogen and oxygen atoms in total. The molecular formula is C50H72I2. The van der Waals surface area contributed by atoms with Crippen LogP contribution in [-0.4, -0.2) is 0 Å². The molecule has 0 radical (unpaired) electrons. The van der Waals surface area contributed by atoms with Gasteiger partial charge in [-0.2, -0.15) is 0 Å². The first kappa shape index (κ1) is 42.3. The van der Waals surface area contributed by atoms with Crippen molar-refractivity contribution in [1.29, 1.82) is 0 Å². The predicted molar refractivity (Wildman–Crippen MR) is 247 cm³/mol. The minimum Gasteiger partial charge on any atom is -0.0654 e. The molecule has 0 saturated carbocycles. The van der Waals surface area contributed by atoms with Gasteiger partial charge in [-0.25, -0.2) is 0 Å². The van der Waals surface area contributed by atoms with E-state index in [-0.39, 0.29) is 10.8 Å². The molecule has 0 saturated heterocycles. The zero-order chi connectivity index (χ0) is 36.8. The molecule has 52 heavy (non-hydrogen) atoms. The van der Waals surface area contributed by atoms with Crippen LogP contribution in [0.2, 0.25) is 0 Å². The van der Waals surface area contributed by atoms with Crippen LogP contribution in [0.25, 0.3) is 22.3 Å². The Morgan fingerprint density at radius 3 is 0.923 bits per heavy atom. The van der Waals surface area contributed by atoms with Gasteiger partial charge >= 0.3 is 0 Å². The van der Waals surface area contributed by atoms with Gasteiger partial charge in [-0.3, -0.25) is 0 Å². The lowest BCUT2D eigenvalue weighted by Crippen LogP contribution is -2.27. The van der Waals surface area contributed by atoms with Crippen LogP contribution in [0.3, 0.4) is 0 Å². The Balaban J connectivity index is 1.61. The van der Waals surface area contributed by atoms with Gasteiger partial charge in [-0.05, 0) is 152 Å². The topological polar surface area (TPSA) is 0 Å². The summed E-state index contributed by atoms with van der Waals surface area (Å²) in [6.07, 6.45) is 35.2. The molecule has 0 spiro atoms. The normalized spacial score (nSPS) is 16.6. The molecule has 2 aliphatic rings. The molecule has 0 bridgehead atoms. The van der Waals surface area contributed by atoms with Crippen molar-refractivity contribution in [1.82, 2.24) is 0 Å². The second-order valence-electron chi connectivity index (χ2n) is 16.9. The second kappa shape index (κ2) is 21.4. The van der Waals surface area contributed by atoms with Gasteiger partial charge in [0.25, 0.3) is 0 Å². The molecule has 1 unspecified atom stereocenters. The lowest BCUT2D eigenvalue weighted by molar-refractivity contribution is 0.395. The maximum absolute atomic E-state index is 2.80. The van der Waals surface area contributed by atoms with Crippen LogP contribution in [0.4, 0.5) is 0 Å². The van der Waals surface area contributed by atoms with Gasteiger partial charge in [0, 0.05) is 18.0 Å². The number of hydrogen-bond acceptors (Lipinski definition) is 0. The maximum Gasteiger partial charge on any atom is 0.0215 e. The van der Waals surface area contributed by atoms with E-state index in [9.17, 15) is 0 Å². The number of halogens is 2. The van der Waals surface area contributed by atoms with Crippen molar-refractivity contribution in [3.05, 3.63) is 77.9 Å². The van der Waals surface area contributed by atoms with Crippen molar-refractivity contribution in [2.45, 2.75) is 205 Å². The standard InChI is InChI=1S/C50H72I2/c1-5-9-13-17-20-24-32-49(31-23-16-12-8-4)45-35-39(51)27-29-41(45)43-38-48-44(37-47(43)49)42-30-28-40(52)36-46(42)50(48,33-25-21-18-14-10-6-2)34-26-22-19-15-11-7-3/h27-30,35-38H,5-26,31-34H2,1-4H3. The van der Waals surface area contributed by atoms with Crippen LogP contribution in [0.1, 0.15) is 217 Å². The summed E-state index contributed by atoms with van der Waals surface area (Å²) < 4.78 is 2.80. The minimum atomic E-state index is 0.130. The Kier molecular flexibility index (Phi) is 17.4. The van der Waals surface area contributed by atoms with E-state index in [0.717, 1.165) is 0 Å². The van der Waals surface area contributed by atoms with Crippen molar-refractivity contribution in [2.24, 2.45) is 0 Å². The summed E-state index contributed by atoms with van der Waals surface area (Å²) >= 11 is 5.19. The highest BCUT2D eigenvalue weighted by atomic mass is 127. The highest BCUT2D eigenvalue weighted by Crippen LogP contribution is 2.61. The number of unbranched alkanes of at least 4 members (excludes halogenated alkanes) is 18. The number of benzene rings is 3. The van der Waals surface area contributed by atoms with Crippen molar-refractivity contribution < 1.29 is 0 Å². The molecule has 0 aromatic heterocycles. The quantitative estimate of drug-likeness (QED) is 0.0556. The molecule has 2 aliphatic carbocycles. The molecule has 1 atom stereocenters. The van der Waals surface area contributed by atoms with Crippen LogP contribution < -0.4 is 0 Å². The first-order valence-electron chi connectivity index (χ1n) is 22.3. The average molecular weight is 927 g/mol. The summed E-state index contributed by atoms with van der Waals surface area (Å²) in [5, 5.41) is 0. The van der Waals surface area contributed by atoms with Crippen LogP contribution in [0.5, 0.6) is 0 Å². The molecule has 2 heteroatoms. The van der Waals surface area contributed by atoms with E-state index in [0.29, 0.717) is 0 Å². The monoisotopic (exact) mass is 926 g/mol. The summed E-state index contributed by atoms with van der Waals surface area (Å²) in [4.78, 5) is 0. The van der Waals surface area contributed by atoms with Gasteiger partial charge in [0.15, 0.2) is 0 Å². The molecule has 286 valence electrons. The van der Waals surface area contributed by atoms with Gasteiger partial charge < -0.3 is 0 Å². The lowest BCUT2D eigenvalue weighted by atomic mass is 9.68. The third-order valence-corrected chi connectivity index (χ3v) is 14.4. The van der Waals surface area contributed by atoms with E-state index in [1.165, 1.54) is 174 Å². The highest BCUT2D eigenvalue weighted by Gasteiger charge is 2.47. The third kappa shape index (κ3) is 9.91. The molecule has 0 N–H and O–H groups in total. The van der Waals surface area contributed by atoms with E-state index in [2.05, 4.69) is 121 Å². The van der Waals surface area contributed by atoms with Gasteiger partial charge in [-0.1, -0.05) is 181 Å². The van der Waals surface area contributed by atoms with Gasteiger partial charge in [0.05, 0.1) is 0 Å². The van der Waals surface area contributed by atoms with Crippen molar-refractivity contribution in [3.8, 4) is 22.3 Å². The van der Waals surface area contributed by atoms with E-state index in [1.807, 2.05) is 0 Å². The lowest BCUT2D eigenvalue weighted by Gasteiger charge is -2.35. The van der Waals surface area contributed by atoms with E-state index in [4.69, 9.17) is 0 Å². The summed E-state index contributed by atoms with van der Waals surface area (Å²) in [5.74, 6) is 0. The fourth-order valence-corrected chi connectivity index (χ4v) is 11.2. The fourth-order valence-electron chi connectivity index (χ4n) is 10.2. The van der Waals surface area contributed by atoms with Crippen LogP contribution in [-0.2, 0) is 10.8 Å². The Bertz CT molecular complexity index is 1520. The largest absolute Gasteiger partial charge is 0.0654 e. The third-order valence-electron chi connectivity index (χ3n) is 13.1. The average Bonchev–Trinajstić information content (AvgIpc) is 3.55. The van der Waals surface area contributed by atoms with Crippen molar-refractivity contribution >= 4 is 45.2 Å². The number of fused-ring (bicyclic) bond motifs is 6. The first-order chi connectivity index (χ1) is 25.5. The van der Waals surface area contributed by atoms with Gasteiger partial charge in [0.2, 0.25) is 0 Å². The molecule has 0 fully saturated rings. The summed E-state index contributed by atoms with van der Waals surface area (Å²) in [7, 11) is 0. The molecule has 0 amide bonds. The van der Waals surface area contributed by atoms with Crippen LogP contribution >= 0.6 is 45.2 Å². The molecule has 0 aliphatic heterocycles. The number of rotatable bonds is 26. The van der Waals surface area contributed by atoms with Crippen LogP contribution in [0, 0.1) is 7.14 Å². The Morgan fingerprint density at radius 1 is 0.327 bits per heavy atom. The molecule has 3 aromatic carbocycles.